The average Bonchev–Trinajstić information content (AvgIpc) is 3.03. The van der Waals surface area contributed by atoms with Gasteiger partial charge in [-0.25, -0.2) is 0 Å². The minimum absolute atomic E-state index is 0.378. The molecule has 0 aliphatic carbocycles. The summed E-state index contributed by atoms with van der Waals surface area (Å²) in [5.74, 6) is 0. The molecular formula is C26H27ClN4. The second kappa shape index (κ2) is 8.96. The number of nitrogen functional groups attached to an aromatic ring is 1. The van der Waals surface area contributed by atoms with Crippen LogP contribution in [0.2, 0.25) is 5.02 Å². The minimum atomic E-state index is 0.378. The normalized spacial score (nSPS) is 11.3. The maximum absolute atomic E-state index is 6.41. The molecule has 0 aliphatic heterocycles. The highest BCUT2D eigenvalue weighted by atomic mass is 35.5. The van der Waals surface area contributed by atoms with Gasteiger partial charge in [-0.3, -0.25) is 4.98 Å². The maximum atomic E-state index is 6.41. The first kappa shape index (κ1) is 21.2. The third kappa shape index (κ3) is 4.09. The Kier molecular flexibility index (Phi) is 6.12. The lowest BCUT2D eigenvalue weighted by Crippen LogP contribution is -2.25. The quantitative estimate of drug-likeness (QED) is 0.340. The molecule has 0 aliphatic rings. The topological polar surface area (TPSA) is 69.9 Å². The summed E-state index contributed by atoms with van der Waals surface area (Å²) in [4.78, 5) is 4.44. The van der Waals surface area contributed by atoms with E-state index < -0.39 is 0 Å². The van der Waals surface area contributed by atoms with E-state index in [4.69, 9.17) is 23.1 Å². The standard InChI is InChI=1S/C26H27ClN4/c1-17-22-9-3-4-10-23(22)18(2)31(17)13-6-5-8-19-14-20(15-21(16-28)25(19)29)26-24(27)11-7-12-30-26/h3-4,7,9-12,14-15H,1-2,5-6,8,13,16,28-29H2. The molecule has 31 heavy (non-hydrogen) atoms. The van der Waals surface area contributed by atoms with Crippen LogP contribution in [0.25, 0.3) is 35.2 Å². The Morgan fingerprint density at radius 3 is 2.26 bits per heavy atom. The van der Waals surface area contributed by atoms with E-state index in [1.54, 1.807) is 6.20 Å². The fourth-order valence-corrected chi connectivity index (χ4v) is 4.42. The highest BCUT2D eigenvalue weighted by Crippen LogP contribution is 2.31. The van der Waals surface area contributed by atoms with Gasteiger partial charge in [0.25, 0.3) is 0 Å². The summed E-state index contributed by atoms with van der Waals surface area (Å²) in [5.41, 5.74) is 16.8. The van der Waals surface area contributed by atoms with Crippen molar-refractivity contribution in [3.05, 3.63) is 81.6 Å². The molecule has 2 aromatic carbocycles. The van der Waals surface area contributed by atoms with Crippen LogP contribution < -0.4 is 22.2 Å². The molecule has 0 saturated heterocycles. The number of nitrogens with zero attached hydrogens (tertiary/aromatic N) is 2. The molecule has 5 heteroatoms. The van der Waals surface area contributed by atoms with Crippen molar-refractivity contribution in [2.24, 2.45) is 5.73 Å². The number of nitrogens with two attached hydrogens (primary N) is 2. The molecule has 158 valence electrons. The van der Waals surface area contributed by atoms with Gasteiger partial charge in [0.2, 0.25) is 0 Å². The van der Waals surface area contributed by atoms with Crippen molar-refractivity contribution >= 4 is 41.2 Å². The number of aromatic nitrogens is 2. The zero-order chi connectivity index (χ0) is 22.0. The zero-order valence-electron chi connectivity index (χ0n) is 17.6. The first-order valence-electron chi connectivity index (χ1n) is 10.5. The maximum Gasteiger partial charge on any atom is 0.0888 e. The average molecular weight is 431 g/mol. The van der Waals surface area contributed by atoms with E-state index in [1.807, 2.05) is 30.3 Å². The molecule has 0 fully saturated rings. The predicted octanol–water partition coefficient (Wildman–Crippen LogP) is 4.24. The lowest BCUT2D eigenvalue weighted by molar-refractivity contribution is 0.594. The monoisotopic (exact) mass is 430 g/mol. The molecule has 0 unspecified atom stereocenters. The molecule has 0 spiro atoms. The fourth-order valence-electron chi connectivity index (χ4n) is 4.18. The van der Waals surface area contributed by atoms with Gasteiger partial charge in [-0.15, -0.1) is 0 Å². The number of benzene rings is 2. The molecule has 4 aromatic rings. The summed E-state index contributed by atoms with van der Waals surface area (Å²) in [7, 11) is 0. The Labute approximate surface area is 187 Å². The van der Waals surface area contributed by atoms with Gasteiger partial charge in [0, 0.05) is 52.0 Å². The van der Waals surface area contributed by atoms with Crippen LogP contribution in [0, 0.1) is 0 Å². The third-order valence-electron chi connectivity index (χ3n) is 5.88. The highest BCUT2D eigenvalue weighted by Gasteiger charge is 2.12. The first-order chi connectivity index (χ1) is 15.0. The van der Waals surface area contributed by atoms with Crippen LogP contribution in [0.1, 0.15) is 24.0 Å². The molecular weight excluding hydrogens is 404 g/mol. The van der Waals surface area contributed by atoms with E-state index >= 15 is 0 Å². The van der Waals surface area contributed by atoms with Gasteiger partial charge in [0.1, 0.15) is 0 Å². The molecule has 2 aromatic heterocycles. The van der Waals surface area contributed by atoms with Crippen LogP contribution in [0.15, 0.2) is 54.7 Å². The largest absolute Gasteiger partial charge is 0.398 e. The van der Waals surface area contributed by atoms with Crippen molar-refractivity contribution in [3.63, 3.8) is 0 Å². The van der Waals surface area contributed by atoms with Crippen LogP contribution in [-0.2, 0) is 19.5 Å². The molecule has 2 heterocycles. The number of hydrogen-bond donors (Lipinski definition) is 2. The van der Waals surface area contributed by atoms with Crippen LogP contribution in [0.3, 0.4) is 0 Å². The number of hydrogen-bond acceptors (Lipinski definition) is 3. The van der Waals surface area contributed by atoms with Crippen molar-refractivity contribution in [1.29, 1.82) is 0 Å². The number of anilines is 1. The molecule has 0 bridgehead atoms. The number of unbranched alkanes of at least 4 members (excludes halogenated alkanes) is 1. The molecule has 0 saturated carbocycles. The van der Waals surface area contributed by atoms with Gasteiger partial charge < -0.3 is 16.0 Å². The summed E-state index contributed by atoms with van der Waals surface area (Å²) in [6.45, 7) is 9.79. The Bertz CT molecular complexity index is 1290. The number of aryl methyl sites for hydroxylation is 1. The Hall–Kier alpha value is -3.08. The second-order valence-corrected chi connectivity index (χ2v) is 8.20. The number of rotatable bonds is 7. The number of halogens is 1. The summed E-state index contributed by atoms with van der Waals surface area (Å²) in [5, 5.41) is 5.01. The van der Waals surface area contributed by atoms with Crippen LogP contribution in [0.5, 0.6) is 0 Å². The number of pyridine rings is 1. The molecule has 4 nitrogen and oxygen atoms in total. The van der Waals surface area contributed by atoms with E-state index in [0.29, 0.717) is 11.6 Å². The summed E-state index contributed by atoms with van der Waals surface area (Å²) in [6, 6.07) is 16.0. The Morgan fingerprint density at radius 1 is 0.935 bits per heavy atom. The lowest BCUT2D eigenvalue weighted by Gasteiger charge is -2.14. The van der Waals surface area contributed by atoms with Crippen molar-refractivity contribution in [2.45, 2.75) is 32.4 Å². The fraction of sp³-hybridized carbons (Fsp3) is 0.192. The Morgan fingerprint density at radius 2 is 1.61 bits per heavy atom. The molecule has 0 radical (unpaired) electrons. The van der Waals surface area contributed by atoms with Crippen molar-refractivity contribution in [3.8, 4) is 11.3 Å². The SMILES string of the molecule is C=c1c2ccccc2c(=C)n1CCCCc1cc(-c2ncccc2Cl)cc(CN)c1N. The van der Waals surface area contributed by atoms with Crippen molar-refractivity contribution in [1.82, 2.24) is 9.55 Å². The summed E-state index contributed by atoms with van der Waals surface area (Å²) < 4.78 is 2.21. The lowest BCUT2D eigenvalue weighted by atomic mass is 9.97. The Balaban J connectivity index is 1.53. The summed E-state index contributed by atoms with van der Waals surface area (Å²) >= 11 is 6.36. The van der Waals surface area contributed by atoms with Crippen LogP contribution in [-0.4, -0.2) is 9.55 Å². The minimum Gasteiger partial charge on any atom is -0.398 e. The van der Waals surface area contributed by atoms with E-state index in [-0.39, 0.29) is 0 Å². The smallest absolute Gasteiger partial charge is 0.0888 e. The van der Waals surface area contributed by atoms with Crippen molar-refractivity contribution in [2.75, 3.05) is 5.73 Å². The molecule has 4 rings (SSSR count). The van der Waals surface area contributed by atoms with Gasteiger partial charge in [-0.05, 0) is 54.7 Å². The highest BCUT2D eigenvalue weighted by molar-refractivity contribution is 6.33. The number of fused-ring (bicyclic) bond motifs is 1. The zero-order valence-corrected chi connectivity index (χ0v) is 18.3. The van der Waals surface area contributed by atoms with Gasteiger partial charge in [0.15, 0.2) is 0 Å². The van der Waals surface area contributed by atoms with Gasteiger partial charge in [-0.2, -0.15) is 0 Å². The predicted molar refractivity (Wildman–Crippen MR) is 132 cm³/mol. The molecule has 0 atom stereocenters. The van der Waals surface area contributed by atoms with Crippen LogP contribution in [0.4, 0.5) is 5.69 Å². The second-order valence-electron chi connectivity index (χ2n) is 7.79. The van der Waals surface area contributed by atoms with Crippen LogP contribution >= 0.6 is 11.6 Å². The molecule has 0 amide bonds. The van der Waals surface area contributed by atoms with Gasteiger partial charge in [-0.1, -0.05) is 49.0 Å². The van der Waals surface area contributed by atoms with E-state index in [0.717, 1.165) is 64.6 Å². The van der Waals surface area contributed by atoms with E-state index in [9.17, 15) is 0 Å². The van der Waals surface area contributed by atoms with E-state index in [2.05, 4.69) is 40.9 Å². The molecule has 4 N–H and O–H groups in total. The van der Waals surface area contributed by atoms with Gasteiger partial charge in [0.05, 0.1) is 10.7 Å². The first-order valence-corrected chi connectivity index (χ1v) is 10.9. The van der Waals surface area contributed by atoms with E-state index in [1.165, 1.54) is 10.8 Å². The summed E-state index contributed by atoms with van der Waals surface area (Å²) in [6.07, 6.45) is 4.59. The van der Waals surface area contributed by atoms with Crippen molar-refractivity contribution < 1.29 is 0 Å². The van der Waals surface area contributed by atoms with Gasteiger partial charge >= 0.3 is 0 Å². The third-order valence-corrected chi connectivity index (χ3v) is 6.19.